The van der Waals surface area contributed by atoms with Gasteiger partial charge in [-0.15, -0.1) is 0 Å². The molecule has 3 aromatic heterocycles. The molecular weight excluding hydrogens is 475 g/mol. The number of hydrogen-bond donors (Lipinski definition) is 0. The van der Waals surface area contributed by atoms with Gasteiger partial charge in [-0.1, -0.05) is 0 Å². The van der Waals surface area contributed by atoms with E-state index in [2.05, 4.69) is 19.9 Å². The van der Waals surface area contributed by atoms with Gasteiger partial charge in [0.2, 0.25) is 0 Å². The van der Waals surface area contributed by atoms with E-state index >= 15 is 0 Å². The summed E-state index contributed by atoms with van der Waals surface area (Å²) in [7, 11) is 0. The van der Waals surface area contributed by atoms with Crippen molar-refractivity contribution >= 4 is 22.9 Å². The SMILES string of the molecule is CCn1c(=O)n(CC(F)F)c2nc(N3CCC4(CN(c5cc(C(F)(F)F)nc(C)n5)C4)C3)cnc21. The van der Waals surface area contributed by atoms with Crippen LogP contribution in [0, 0.1) is 12.3 Å². The van der Waals surface area contributed by atoms with Crippen molar-refractivity contribution < 1.29 is 22.0 Å². The Kier molecular flexibility index (Phi) is 5.44. The van der Waals surface area contributed by atoms with Crippen LogP contribution in [-0.2, 0) is 19.3 Å². The lowest BCUT2D eigenvalue weighted by atomic mass is 9.79. The number of aromatic nitrogens is 6. The van der Waals surface area contributed by atoms with Crippen LogP contribution in [0.1, 0.15) is 24.9 Å². The third kappa shape index (κ3) is 4.08. The van der Waals surface area contributed by atoms with Crippen molar-refractivity contribution in [3.63, 3.8) is 0 Å². The van der Waals surface area contributed by atoms with E-state index in [0.29, 0.717) is 32.0 Å². The zero-order valence-corrected chi connectivity index (χ0v) is 19.1. The largest absolute Gasteiger partial charge is 0.433 e. The molecule has 14 heteroatoms. The van der Waals surface area contributed by atoms with E-state index in [1.807, 2.05) is 4.90 Å². The summed E-state index contributed by atoms with van der Waals surface area (Å²) in [6.07, 6.45) is -4.96. The van der Waals surface area contributed by atoms with Gasteiger partial charge in [0.25, 0.3) is 6.43 Å². The highest BCUT2D eigenvalue weighted by Gasteiger charge is 2.49. The van der Waals surface area contributed by atoms with Crippen LogP contribution < -0.4 is 15.5 Å². The normalized spacial score (nSPS) is 17.7. The smallest absolute Gasteiger partial charge is 0.355 e. The Morgan fingerprint density at radius 1 is 1.03 bits per heavy atom. The van der Waals surface area contributed by atoms with E-state index in [-0.39, 0.29) is 34.9 Å². The second-order valence-electron chi connectivity index (χ2n) is 9.09. The van der Waals surface area contributed by atoms with Crippen LogP contribution in [0.4, 0.5) is 33.6 Å². The summed E-state index contributed by atoms with van der Waals surface area (Å²) in [6, 6.07) is 0.965. The minimum atomic E-state index is -4.55. The molecule has 0 aliphatic carbocycles. The molecule has 3 aromatic rings. The Labute approximate surface area is 196 Å². The van der Waals surface area contributed by atoms with Gasteiger partial charge in [-0.25, -0.2) is 33.5 Å². The summed E-state index contributed by atoms with van der Waals surface area (Å²) in [6.45, 7) is 4.92. The van der Waals surface area contributed by atoms with Crippen LogP contribution in [0.2, 0.25) is 0 Å². The van der Waals surface area contributed by atoms with Gasteiger partial charge >= 0.3 is 11.9 Å². The van der Waals surface area contributed by atoms with Crippen molar-refractivity contribution in [2.75, 3.05) is 36.0 Å². The molecule has 9 nitrogen and oxygen atoms in total. The highest BCUT2D eigenvalue weighted by atomic mass is 19.4. The maximum atomic E-state index is 13.1. The first-order chi connectivity index (χ1) is 16.5. The first-order valence-corrected chi connectivity index (χ1v) is 11.2. The number of nitrogens with zero attached hydrogens (tertiary/aromatic N) is 8. The summed E-state index contributed by atoms with van der Waals surface area (Å²) in [5.74, 6) is 0.773. The highest BCUT2D eigenvalue weighted by Crippen LogP contribution is 2.43. The van der Waals surface area contributed by atoms with Gasteiger partial charge in [0.05, 0.1) is 12.7 Å². The Morgan fingerprint density at radius 2 is 1.74 bits per heavy atom. The van der Waals surface area contributed by atoms with Gasteiger partial charge in [0, 0.05) is 44.2 Å². The van der Waals surface area contributed by atoms with E-state index < -0.39 is 30.5 Å². The predicted molar refractivity (Wildman–Crippen MR) is 117 cm³/mol. The van der Waals surface area contributed by atoms with Gasteiger partial charge in [0.1, 0.15) is 23.2 Å². The van der Waals surface area contributed by atoms with Crippen molar-refractivity contribution in [1.29, 1.82) is 0 Å². The number of aryl methyl sites for hydroxylation is 2. The molecule has 0 N–H and O–H groups in total. The van der Waals surface area contributed by atoms with Gasteiger partial charge in [-0.3, -0.25) is 9.13 Å². The maximum absolute atomic E-state index is 13.1. The molecule has 0 atom stereocenters. The van der Waals surface area contributed by atoms with Crippen LogP contribution in [-0.4, -0.2) is 61.7 Å². The molecule has 5 rings (SSSR count). The third-order valence-electron chi connectivity index (χ3n) is 6.59. The lowest BCUT2D eigenvalue weighted by Crippen LogP contribution is -2.58. The first-order valence-electron chi connectivity index (χ1n) is 11.2. The fraction of sp³-hybridized carbons (Fsp3) is 0.571. The number of rotatable bonds is 5. The van der Waals surface area contributed by atoms with Gasteiger partial charge in [0.15, 0.2) is 11.3 Å². The summed E-state index contributed by atoms with van der Waals surface area (Å²) < 4.78 is 67.8. The second-order valence-corrected chi connectivity index (χ2v) is 9.09. The Balaban J connectivity index is 1.36. The summed E-state index contributed by atoms with van der Waals surface area (Å²) >= 11 is 0. The minimum absolute atomic E-state index is 0.0567. The Morgan fingerprint density at radius 3 is 2.40 bits per heavy atom. The fourth-order valence-corrected chi connectivity index (χ4v) is 4.98. The summed E-state index contributed by atoms with van der Waals surface area (Å²) in [5.41, 5.74) is -1.34. The molecule has 0 radical (unpaired) electrons. The summed E-state index contributed by atoms with van der Waals surface area (Å²) in [4.78, 5) is 32.8. The second kappa shape index (κ2) is 8.12. The molecule has 5 heterocycles. The Bertz CT molecular complexity index is 1330. The lowest BCUT2D eigenvalue weighted by Gasteiger charge is -2.48. The molecule has 2 fully saturated rings. The van der Waals surface area contributed by atoms with Crippen molar-refractivity contribution in [3.05, 3.63) is 34.3 Å². The summed E-state index contributed by atoms with van der Waals surface area (Å²) in [5, 5.41) is 0. The van der Waals surface area contributed by atoms with Crippen molar-refractivity contribution in [1.82, 2.24) is 29.1 Å². The van der Waals surface area contributed by atoms with Gasteiger partial charge < -0.3 is 9.80 Å². The van der Waals surface area contributed by atoms with Gasteiger partial charge in [-0.2, -0.15) is 13.2 Å². The van der Waals surface area contributed by atoms with Crippen molar-refractivity contribution in [2.24, 2.45) is 5.41 Å². The van der Waals surface area contributed by atoms with Crippen LogP contribution >= 0.6 is 0 Å². The van der Waals surface area contributed by atoms with Crippen molar-refractivity contribution in [3.8, 4) is 0 Å². The predicted octanol–water partition coefficient (Wildman–Crippen LogP) is 2.71. The lowest BCUT2D eigenvalue weighted by molar-refractivity contribution is -0.141. The number of alkyl halides is 5. The monoisotopic (exact) mass is 498 g/mol. The number of fused-ring (bicyclic) bond motifs is 1. The zero-order chi connectivity index (χ0) is 25.1. The minimum Gasteiger partial charge on any atom is -0.355 e. The van der Waals surface area contributed by atoms with Crippen LogP contribution in [0.15, 0.2) is 17.1 Å². The molecule has 2 saturated heterocycles. The average molecular weight is 498 g/mol. The van der Waals surface area contributed by atoms with Crippen LogP contribution in [0.3, 0.4) is 0 Å². The molecule has 0 amide bonds. The molecule has 0 unspecified atom stereocenters. The zero-order valence-electron chi connectivity index (χ0n) is 19.1. The number of hydrogen-bond acceptors (Lipinski definition) is 7. The van der Waals surface area contributed by atoms with E-state index in [4.69, 9.17) is 0 Å². The average Bonchev–Trinajstić information content (AvgIpc) is 3.31. The molecule has 188 valence electrons. The highest BCUT2D eigenvalue weighted by molar-refractivity contribution is 5.69. The number of imidazole rings is 1. The molecule has 0 saturated carbocycles. The molecule has 1 spiro atoms. The molecule has 35 heavy (non-hydrogen) atoms. The van der Waals surface area contributed by atoms with E-state index in [0.717, 1.165) is 17.1 Å². The Hall–Kier alpha value is -3.32. The topological polar surface area (TPSA) is 85.0 Å². The number of anilines is 2. The molecule has 2 aliphatic rings. The fourth-order valence-electron chi connectivity index (χ4n) is 4.98. The quantitative estimate of drug-likeness (QED) is 0.500. The molecule has 0 aromatic carbocycles. The van der Waals surface area contributed by atoms with Crippen molar-refractivity contribution in [2.45, 2.75) is 46.0 Å². The van der Waals surface area contributed by atoms with E-state index in [9.17, 15) is 26.7 Å². The van der Waals surface area contributed by atoms with Crippen LogP contribution in [0.5, 0.6) is 0 Å². The molecule has 2 aliphatic heterocycles. The van der Waals surface area contributed by atoms with E-state index in [1.165, 1.54) is 17.7 Å². The van der Waals surface area contributed by atoms with Crippen LogP contribution in [0.25, 0.3) is 11.3 Å². The first kappa shape index (κ1) is 23.4. The maximum Gasteiger partial charge on any atom is 0.433 e. The van der Waals surface area contributed by atoms with Gasteiger partial charge in [-0.05, 0) is 20.3 Å². The number of halogens is 5. The third-order valence-corrected chi connectivity index (χ3v) is 6.59. The molecular formula is C21H23F5N8O. The molecule has 0 bridgehead atoms. The van der Waals surface area contributed by atoms with E-state index in [1.54, 1.807) is 11.8 Å². The standard InChI is InChI=1S/C21H23F5N8O/c1-3-33-17-18(34(19(33)35)8-14(22)23)30-16(7-27-17)31-5-4-20(9-31)10-32(11-20)15-6-13(21(24,25)26)28-12(2)29-15/h6-7,14H,3-5,8-11H2,1-2H3.